The Hall–Kier alpha value is -1.55. The Labute approximate surface area is 111 Å². The van der Waals surface area contributed by atoms with Crippen LogP contribution in [0.15, 0.2) is 23.6 Å². The molecule has 0 atom stereocenters. The molecule has 4 heteroatoms. The number of aromatic nitrogens is 1. The summed E-state index contributed by atoms with van der Waals surface area (Å²) in [6.45, 7) is 4.03. The Bertz CT molecular complexity index is 562. The molecule has 0 amide bonds. The molecule has 1 aliphatic rings. The third-order valence-corrected chi connectivity index (χ3v) is 4.17. The van der Waals surface area contributed by atoms with Crippen LogP contribution in [0.2, 0.25) is 0 Å². The molecular formula is C14H17N3S. The van der Waals surface area contributed by atoms with Crippen LogP contribution in [0.25, 0.3) is 0 Å². The Morgan fingerprint density at radius 2 is 2.33 bits per heavy atom. The van der Waals surface area contributed by atoms with E-state index in [4.69, 9.17) is 5.73 Å². The van der Waals surface area contributed by atoms with Gasteiger partial charge in [0.15, 0.2) is 0 Å². The van der Waals surface area contributed by atoms with E-state index in [1.807, 2.05) is 6.07 Å². The molecule has 3 rings (SSSR count). The van der Waals surface area contributed by atoms with Crippen molar-refractivity contribution in [1.82, 2.24) is 4.98 Å². The molecule has 1 aromatic carbocycles. The number of aryl methyl sites for hydroxylation is 2. The first-order chi connectivity index (χ1) is 8.72. The van der Waals surface area contributed by atoms with Gasteiger partial charge in [-0.15, -0.1) is 11.3 Å². The molecule has 0 unspecified atom stereocenters. The molecule has 2 heterocycles. The molecule has 2 N–H and O–H groups in total. The number of hydrogen-bond acceptors (Lipinski definition) is 4. The number of benzene rings is 1. The summed E-state index contributed by atoms with van der Waals surface area (Å²) in [5, 5.41) is 3.28. The number of nitrogens with zero attached hydrogens (tertiary/aromatic N) is 2. The average Bonchev–Trinajstić information content (AvgIpc) is 2.76. The van der Waals surface area contributed by atoms with E-state index in [0.717, 1.165) is 35.9 Å². The van der Waals surface area contributed by atoms with Gasteiger partial charge in [-0.1, -0.05) is 6.07 Å². The van der Waals surface area contributed by atoms with Gasteiger partial charge in [-0.25, -0.2) is 4.98 Å². The highest BCUT2D eigenvalue weighted by atomic mass is 32.1. The largest absolute Gasteiger partial charge is 0.399 e. The number of nitrogen functional groups attached to an aromatic ring is 1. The minimum Gasteiger partial charge on any atom is -0.399 e. The van der Waals surface area contributed by atoms with Gasteiger partial charge in [0.1, 0.15) is 0 Å². The summed E-state index contributed by atoms with van der Waals surface area (Å²) in [6, 6.07) is 6.24. The minimum absolute atomic E-state index is 0.843. The zero-order valence-electron chi connectivity index (χ0n) is 10.5. The lowest BCUT2D eigenvalue weighted by Crippen LogP contribution is -2.29. The van der Waals surface area contributed by atoms with E-state index in [-0.39, 0.29) is 0 Å². The maximum absolute atomic E-state index is 5.90. The van der Waals surface area contributed by atoms with Crippen molar-refractivity contribution >= 4 is 22.7 Å². The second kappa shape index (κ2) is 4.61. The smallest absolute Gasteiger partial charge is 0.0898 e. The fourth-order valence-electron chi connectivity index (χ4n) is 2.51. The molecular weight excluding hydrogens is 242 g/mol. The molecule has 3 nitrogen and oxygen atoms in total. The van der Waals surface area contributed by atoms with Gasteiger partial charge < -0.3 is 10.6 Å². The molecule has 0 radical (unpaired) electrons. The predicted octanol–water partition coefficient (Wildman–Crippen LogP) is 2.99. The quantitative estimate of drug-likeness (QED) is 0.843. The summed E-state index contributed by atoms with van der Waals surface area (Å²) < 4.78 is 0. The molecule has 0 fully saturated rings. The highest BCUT2D eigenvalue weighted by Gasteiger charge is 2.17. The second-order valence-electron chi connectivity index (χ2n) is 4.77. The van der Waals surface area contributed by atoms with Gasteiger partial charge in [-0.05, 0) is 37.5 Å². The second-order valence-corrected chi connectivity index (χ2v) is 5.83. The zero-order valence-corrected chi connectivity index (χ0v) is 11.3. The lowest BCUT2D eigenvalue weighted by Gasteiger charge is -2.31. The molecule has 1 aromatic heterocycles. The summed E-state index contributed by atoms with van der Waals surface area (Å²) in [5.41, 5.74) is 10.6. The highest BCUT2D eigenvalue weighted by molar-refractivity contribution is 7.09. The van der Waals surface area contributed by atoms with Gasteiger partial charge in [-0.3, -0.25) is 0 Å². The van der Waals surface area contributed by atoms with Crippen LogP contribution < -0.4 is 10.6 Å². The number of rotatable bonds is 2. The lowest BCUT2D eigenvalue weighted by molar-refractivity contribution is 0.685. The molecule has 1 aliphatic heterocycles. The number of nitrogens with two attached hydrogens (primary N) is 1. The Morgan fingerprint density at radius 3 is 3.11 bits per heavy atom. The predicted molar refractivity (Wildman–Crippen MR) is 77.1 cm³/mol. The van der Waals surface area contributed by atoms with E-state index < -0.39 is 0 Å². The van der Waals surface area contributed by atoms with Gasteiger partial charge in [-0.2, -0.15) is 0 Å². The number of hydrogen-bond donors (Lipinski definition) is 1. The lowest BCUT2D eigenvalue weighted by atomic mass is 10.0. The molecule has 0 spiro atoms. The van der Waals surface area contributed by atoms with Crippen molar-refractivity contribution < 1.29 is 0 Å². The van der Waals surface area contributed by atoms with E-state index in [9.17, 15) is 0 Å². The van der Waals surface area contributed by atoms with Gasteiger partial charge >= 0.3 is 0 Å². The van der Waals surface area contributed by atoms with Crippen LogP contribution in [-0.2, 0) is 13.0 Å². The summed E-state index contributed by atoms with van der Waals surface area (Å²) in [4.78, 5) is 6.94. The normalized spacial score (nSPS) is 14.6. The van der Waals surface area contributed by atoms with Crippen LogP contribution >= 0.6 is 11.3 Å². The first kappa shape index (κ1) is 11.5. The SMILES string of the molecule is Cc1nc(CN2CCCc3ccc(N)cc32)cs1. The van der Waals surface area contributed by atoms with Crippen LogP contribution in [0.1, 0.15) is 22.7 Å². The molecule has 94 valence electrons. The van der Waals surface area contributed by atoms with E-state index in [0.29, 0.717) is 0 Å². The maximum Gasteiger partial charge on any atom is 0.0898 e. The van der Waals surface area contributed by atoms with E-state index in [1.54, 1.807) is 11.3 Å². The summed E-state index contributed by atoms with van der Waals surface area (Å²) in [6.07, 6.45) is 2.36. The summed E-state index contributed by atoms with van der Waals surface area (Å²) >= 11 is 1.71. The van der Waals surface area contributed by atoms with Gasteiger partial charge in [0, 0.05) is 23.3 Å². The monoisotopic (exact) mass is 259 g/mol. The zero-order chi connectivity index (χ0) is 12.5. The minimum atomic E-state index is 0.843. The third kappa shape index (κ3) is 2.20. The molecule has 0 saturated carbocycles. The first-order valence-corrected chi connectivity index (χ1v) is 7.15. The third-order valence-electron chi connectivity index (χ3n) is 3.34. The van der Waals surface area contributed by atoms with Crippen molar-refractivity contribution in [2.75, 3.05) is 17.2 Å². The van der Waals surface area contributed by atoms with Crippen molar-refractivity contribution in [3.63, 3.8) is 0 Å². The van der Waals surface area contributed by atoms with E-state index >= 15 is 0 Å². The molecule has 0 bridgehead atoms. The highest BCUT2D eigenvalue weighted by Crippen LogP contribution is 2.30. The van der Waals surface area contributed by atoms with Crippen LogP contribution in [0.4, 0.5) is 11.4 Å². The van der Waals surface area contributed by atoms with Crippen molar-refractivity contribution in [1.29, 1.82) is 0 Å². The van der Waals surface area contributed by atoms with Gasteiger partial charge in [0.25, 0.3) is 0 Å². The van der Waals surface area contributed by atoms with Crippen LogP contribution in [0.3, 0.4) is 0 Å². The van der Waals surface area contributed by atoms with Crippen LogP contribution in [-0.4, -0.2) is 11.5 Å². The Kier molecular flexibility index (Phi) is 2.96. The maximum atomic E-state index is 5.90. The summed E-state index contributed by atoms with van der Waals surface area (Å²) in [7, 11) is 0. The fourth-order valence-corrected chi connectivity index (χ4v) is 3.11. The van der Waals surface area contributed by atoms with Gasteiger partial charge in [0.2, 0.25) is 0 Å². The van der Waals surface area contributed by atoms with Crippen LogP contribution in [0.5, 0.6) is 0 Å². The topological polar surface area (TPSA) is 42.2 Å². The number of thiazole rings is 1. The molecule has 18 heavy (non-hydrogen) atoms. The average molecular weight is 259 g/mol. The van der Waals surface area contributed by atoms with Crippen LogP contribution in [0, 0.1) is 6.92 Å². The van der Waals surface area contributed by atoms with E-state index in [2.05, 4.69) is 34.3 Å². The van der Waals surface area contributed by atoms with Crippen molar-refractivity contribution in [3.8, 4) is 0 Å². The molecule has 2 aromatic rings. The molecule has 0 aliphatic carbocycles. The standard InChI is InChI=1S/C14H17N3S/c1-10-16-13(9-18-10)8-17-6-2-3-11-4-5-12(15)7-14(11)17/h4-5,7,9H,2-3,6,8,15H2,1H3. The van der Waals surface area contributed by atoms with Gasteiger partial charge in [0.05, 0.1) is 17.2 Å². The van der Waals surface area contributed by atoms with Crippen molar-refractivity contribution in [2.45, 2.75) is 26.3 Å². The Morgan fingerprint density at radius 1 is 1.44 bits per heavy atom. The summed E-state index contributed by atoms with van der Waals surface area (Å²) in [5.74, 6) is 0. The Balaban J connectivity index is 1.88. The number of anilines is 2. The van der Waals surface area contributed by atoms with Crippen molar-refractivity contribution in [2.24, 2.45) is 0 Å². The number of fused-ring (bicyclic) bond motifs is 1. The van der Waals surface area contributed by atoms with E-state index in [1.165, 1.54) is 17.7 Å². The van der Waals surface area contributed by atoms with Crippen molar-refractivity contribution in [3.05, 3.63) is 39.8 Å². The molecule has 0 saturated heterocycles. The first-order valence-electron chi connectivity index (χ1n) is 6.27. The fraction of sp³-hybridized carbons (Fsp3) is 0.357.